The molecular weight excluding hydrogens is 480 g/mol. The Morgan fingerprint density at radius 3 is 2.30 bits per heavy atom. The quantitative estimate of drug-likeness (QED) is 0.306. The van der Waals surface area contributed by atoms with Crippen LogP contribution in [0.1, 0.15) is 45.9 Å². The van der Waals surface area contributed by atoms with Crippen LogP contribution in [-0.2, 0) is 0 Å². The van der Waals surface area contributed by atoms with Gasteiger partial charge in [0, 0.05) is 23.7 Å². The van der Waals surface area contributed by atoms with Crippen LogP contribution in [-0.4, -0.2) is 28.9 Å². The predicted molar refractivity (Wildman–Crippen MR) is 152 cm³/mol. The highest BCUT2D eigenvalue weighted by Crippen LogP contribution is 2.47. The van der Waals surface area contributed by atoms with E-state index in [0.717, 1.165) is 17.1 Å². The van der Waals surface area contributed by atoms with Gasteiger partial charge in [0.1, 0.15) is 11.5 Å². The lowest BCUT2D eigenvalue weighted by Gasteiger charge is -2.29. The van der Waals surface area contributed by atoms with Crippen molar-refractivity contribution in [2.45, 2.75) is 39.8 Å². The van der Waals surface area contributed by atoms with E-state index in [1.807, 2.05) is 42.6 Å². The summed E-state index contributed by atoms with van der Waals surface area (Å²) in [6, 6.07) is 20.3. The van der Waals surface area contributed by atoms with Crippen LogP contribution in [0.15, 0.2) is 66.9 Å². The predicted octanol–water partition coefficient (Wildman–Crippen LogP) is 6.30. The number of nitrogens with one attached hydrogen (secondary N) is 1. The summed E-state index contributed by atoms with van der Waals surface area (Å²) in [5.74, 6) is 1.42. The molecule has 4 aromatic rings. The third-order valence-corrected chi connectivity index (χ3v) is 7.51. The summed E-state index contributed by atoms with van der Waals surface area (Å²) in [6.45, 7) is 8.68. The number of benzene rings is 2. The van der Waals surface area contributed by atoms with Crippen molar-refractivity contribution in [3.05, 3.63) is 101 Å². The van der Waals surface area contributed by atoms with Crippen LogP contribution < -0.4 is 19.7 Å². The normalized spacial score (nSPS) is 17.1. The van der Waals surface area contributed by atoms with E-state index < -0.39 is 0 Å². The molecule has 1 saturated heterocycles. The van der Waals surface area contributed by atoms with Crippen LogP contribution in [0.4, 0.5) is 5.69 Å². The monoisotopic (exact) mass is 512 g/mol. The lowest BCUT2D eigenvalue weighted by molar-refractivity contribution is 0.394. The van der Waals surface area contributed by atoms with Crippen LogP contribution >= 0.6 is 12.2 Å². The number of aromatic nitrogens is 2. The fourth-order valence-electron chi connectivity index (χ4n) is 5.50. The second-order valence-corrected chi connectivity index (χ2v) is 9.82. The van der Waals surface area contributed by atoms with Crippen molar-refractivity contribution in [3.8, 4) is 17.2 Å². The van der Waals surface area contributed by atoms with Crippen molar-refractivity contribution in [3.63, 3.8) is 0 Å². The molecule has 1 aliphatic heterocycles. The first kappa shape index (κ1) is 24.8. The molecule has 0 bridgehead atoms. The van der Waals surface area contributed by atoms with Crippen molar-refractivity contribution in [2.24, 2.45) is 0 Å². The molecule has 0 radical (unpaired) electrons. The zero-order valence-electron chi connectivity index (χ0n) is 22.1. The Labute approximate surface area is 223 Å². The lowest BCUT2D eigenvalue weighted by atomic mass is 9.96. The van der Waals surface area contributed by atoms with Crippen molar-refractivity contribution >= 4 is 23.0 Å². The molecule has 3 heterocycles. The highest BCUT2D eigenvalue weighted by Gasteiger charge is 2.43. The molecule has 1 fully saturated rings. The van der Waals surface area contributed by atoms with Crippen molar-refractivity contribution in [1.29, 1.82) is 0 Å². The van der Waals surface area contributed by atoms with Gasteiger partial charge in [-0.05, 0) is 86.9 Å². The zero-order valence-corrected chi connectivity index (χ0v) is 22.9. The van der Waals surface area contributed by atoms with Crippen molar-refractivity contribution < 1.29 is 9.47 Å². The van der Waals surface area contributed by atoms with E-state index in [1.165, 1.54) is 33.8 Å². The molecule has 37 heavy (non-hydrogen) atoms. The maximum atomic E-state index is 5.96. The summed E-state index contributed by atoms with van der Waals surface area (Å²) in [5.41, 5.74) is 9.03. The second kappa shape index (κ2) is 9.90. The first-order chi connectivity index (χ1) is 17.8. The average Bonchev–Trinajstić information content (AvgIpc) is 3.39. The second-order valence-electron chi connectivity index (χ2n) is 9.44. The molecule has 2 aromatic carbocycles. The molecule has 1 N–H and O–H groups in total. The molecule has 7 heteroatoms. The summed E-state index contributed by atoms with van der Waals surface area (Å²) < 4.78 is 13.6. The SMILES string of the molecule is COc1ccc(N2C(=S)N[C@H](c3ccccn3)[C@H]2c2cc(C)n(-c3c(C)cccc3C)c2C)c(OC)c1. The molecule has 0 unspecified atom stereocenters. The van der Waals surface area contributed by atoms with Crippen molar-refractivity contribution in [2.75, 3.05) is 19.1 Å². The zero-order chi connectivity index (χ0) is 26.3. The van der Waals surface area contributed by atoms with Crippen LogP contribution in [0.3, 0.4) is 0 Å². The Balaban J connectivity index is 1.73. The number of para-hydroxylation sites is 1. The molecule has 6 nitrogen and oxygen atoms in total. The van der Waals surface area contributed by atoms with Crippen molar-refractivity contribution in [1.82, 2.24) is 14.9 Å². The van der Waals surface area contributed by atoms with Gasteiger partial charge in [-0.2, -0.15) is 0 Å². The van der Waals surface area contributed by atoms with Gasteiger partial charge in [-0.15, -0.1) is 0 Å². The third-order valence-electron chi connectivity index (χ3n) is 7.20. The number of thiocarbonyl (C=S) groups is 1. The highest BCUT2D eigenvalue weighted by molar-refractivity contribution is 7.80. The van der Waals surface area contributed by atoms with E-state index in [-0.39, 0.29) is 12.1 Å². The van der Waals surface area contributed by atoms with E-state index >= 15 is 0 Å². The number of hydrogen-bond acceptors (Lipinski definition) is 4. The molecular formula is C30H32N4O2S. The molecule has 2 atom stereocenters. The Kier molecular flexibility index (Phi) is 6.65. The van der Waals surface area contributed by atoms with E-state index in [4.69, 9.17) is 26.7 Å². The largest absolute Gasteiger partial charge is 0.497 e. The van der Waals surface area contributed by atoms with Gasteiger partial charge >= 0.3 is 0 Å². The Bertz CT molecular complexity index is 1440. The van der Waals surface area contributed by atoms with E-state index in [2.05, 4.69) is 66.7 Å². The Morgan fingerprint density at radius 2 is 1.65 bits per heavy atom. The number of pyridine rings is 1. The minimum atomic E-state index is -0.146. The number of hydrogen-bond donors (Lipinski definition) is 1. The number of nitrogens with zero attached hydrogens (tertiary/aromatic N) is 3. The Morgan fingerprint density at radius 1 is 0.892 bits per heavy atom. The highest BCUT2D eigenvalue weighted by atomic mass is 32.1. The number of aryl methyl sites for hydroxylation is 3. The maximum Gasteiger partial charge on any atom is 0.174 e. The number of ether oxygens (including phenoxy) is 2. The summed E-state index contributed by atoms with van der Waals surface area (Å²) in [7, 11) is 3.32. The van der Waals surface area contributed by atoms with Crippen LogP contribution in [0.2, 0.25) is 0 Å². The summed E-state index contributed by atoms with van der Waals surface area (Å²) in [5, 5.41) is 4.19. The standard InChI is InChI=1S/C30H32N4O2S/c1-18-10-9-11-19(2)28(18)33-20(3)16-23(21(33)4)29-27(24-12-7-8-15-31-24)32-30(37)34(29)25-14-13-22(35-5)17-26(25)36-6/h7-17,27,29H,1-6H3,(H,32,37)/t27-,29-/m1/s1. The smallest absolute Gasteiger partial charge is 0.174 e. The topological polar surface area (TPSA) is 51.5 Å². The van der Waals surface area contributed by atoms with E-state index in [0.29, 0.717) is 10.9 Å². The van der Waals surface area contributed by atoms with Crippen LogP contribution in [0.5, 0.6) is 11.5 Å². The molecule has 5 rings (SSSR count). The molecule has 0 spiro atoms. The molecule has 0 aliphatic carbocycles. The average molecular weight is 513 g/mol. The van der Waals surface area contributed by atoms with E-state index in [9.17, 15) is 0 Å². The van der Waals surface area contributed by atoms with Gasteiger partial charge in [0.25, 0.3) is 0 Å². The Hall–Kier alpha value is -3.84. The van der Waals surface area contributed by atoms with Gasteiger partial charge in [0.2, 0.25) is 0 Å². The van der Waals surface area contributed by atoms with Gasteiger partial charge in [0.15, 0.2) is 5.11 Å². The first-order valence-electron chi connectivity index (χ1n) is 12.3. The molecule has 0 saturated carbocycles. The fourth-order valence-corrected chi connectivity index (χ4v) is 5.84. The maximum absolute atomic E-state index is 5.96. The molecule has 1 aliphatic rings. The number of anilines is 1. The summed E-state index contributed by atoms with van der Waals surface area (Å²) >= 11 is 5.96. The minimum absolute atomic E-state index is 0.144. The number of rotatable bonds is 6. The van der Waals surface area contributed by atoms with Gasteiger partial charge in [0.05, 0.1) is 43.4 Å². The lowest BCUT2D eigenvalue weighted by Crippen LogP contribution is -2.30. The third kappa shape index (κ3) is 4.23. The fraction of sp³-hybridized carbons (Fsp3) is 0.267. The van der Waals surface area contributed by atoms with Crippen LogP contribution in [0, 0.1) is 27.7 Å². The molecule has 0 amide bonds. The summed E-state index contributed by atoms with van der Waals surface area (Å²) in [6.07, 6.45) is 1.83. The van der Waals surface area contributed by atoms with E-state index in [1.54, 1.807) is 14.2 Å². The summed E-state index contributed by atoms with van der Waals surface area (Å²) in [4.78, 5) is 6.86. The molecule has 190 valence electrons. The van der Waals surface area contributed by atoms with Crippen LogP contribution in [0.25, 0.3) is 5.69 Å². The van der Waals surface area contributed by atoms with Gasteiger partial charge < -0.3 is 24.3 Å². The van der Waals surface area contributed by atoms with Gasteiger partial charge in [-0.25, -0.2) is 0 Å². The first-order valence-corrected chi connectivity index (χ1v) is 12.7. The molecule has 2 aromatic heterocycles. The number of methoxy groups -OCH3 is 2. The minimum Gasteiger partial charge on any atom is -0.497 e. The van der Waals surface area contributed by atoms with Gasteiger partial charge in [-0.3, -0.25) is 4.98 Å². The van der Waals surface area contributed by atoms with Gasteiger partial charge in [-0.1, -0.05) is 24.3 Å².